The second kappa shape index (κ2) is 6.88. The highest BCUT2D eigenvalue weighted by Gasteiger charge is 2.23. The molecule has 6 heteroatoms. The number of para-hydroxylation sites is 1. The van der Waals surface area contributed by atoms with Crippen LogP contribution in [-0.4, -0.2) is 38.5 Å². The number of carbonyl (C=O) groups is 1. The fourth-order valence-corrected chi connectivity index (χ4v) is 2.94. The number of carbonyl (C=O) groups excluding carboxylic acids is 1. The number of nitrogens with one attached hydrogen (secondary N) is 1. The molecule has 1 amide bonds. The third kappa shape index (κ3) is 3.19. The summed E-state index contributed by atoms with van der Waals surface area (Å²) in [7, 11) is 0. The molecule has 0 saturated heterocycles. The third-order valence-electron chi connectivity index (χ3n) is 4.25. The molecule has 3 N–H and O–H groups in total. The third-order valence-corrected chi connectivity index (χ3v) is 4.25. The van der Waals surface area contributed by atoms with Gasteiger partial charge in [0.05, 0.1) is 11.9 Å². The van der Waals surface area contributed by atoms with E-state index in [1.165, 1.54) is 10.9 Å². The molecule has 0 saturated carbocycles. The van der Waals surface area contributed by atoms with E-state index in [2.05, 4.69) is 10.4 Å². The molecule has 1 heterocycles. The van der Waals surface area contributed by atoms with Crippen LogP contribution in [0.3, 0.4) is 0 Å². The first-order valence-corrected chi connectivity index (χ1v) is 8.09. The number of amides is 1. The Labute approximate surface area is 140 Å². The molecule has 0 spiro atoms. The summed E-state index contributed by atoms with van der Waals surface area (Å²) >= 11 is 0. The Morgan fingerprint density at radius 3 is 2.88 bits per heavy atom. The van der Waals surface area contributed by atoms with Gasteiger partial charge in [-0.05, 0) is 24.5 Å². The summed E-state index contributed by atoms with van der Waals surface area (Å²) in [6, 6.07) is 7.58. The van der Waals surface area contributed by atoms with Crippen LogP contribution in [0.15, 0.2) is 42.6 Å². The van der Waals surface area contributed by atoms with Crippen LogP contribution in [0.5, 0.6) is 5.75 Å². The fraction of sp³-hybridized carbons (Fsp3) is 0.333. The Hall–Kier alpha value is -2.60. The van der Waals surface area contributed by atoms with Crippen LogP contribution in [-0.2, 0) is 6.42 Å². The second-order valence-electron chi connectivity index (χ2n) is 5.93. The molecular weight excluding hydrogens is 306 g/mol. The lowest BCUT2D eigenvalue weighted by Gasteiger charge is -2.11. The average molecular weight is 327 g/mol. The number of benzene rings is 1. The van der Waals surface area contributed by atoms with Gasteiger partial charge in [-0.1, -0.05) is 37.3 Å². The van der Waals surface area contributed by atoms with Crippen LogP contribution < -0.4 is 5.32 Å². The van der Waals surface area contributed by atoms with Crippen molar-refractivity contribution in [2.45, 2.75) is 25.8 Å². The van der Waals surface area contributed by atoms with Crippen molar-refractivity contribution in [3.8, 4) is 11.4 Å². The highest BCUT2D eigenvalue weighted by molar-refractivity contribution is 5.95. The predicted octanol–water partition coefficient (Wildman–Crippen LogP) is 1.81. The van der Waals surface area contributed by atoms with E-state index >= 15 is 0 Å². The van der Waals surface area contributed by atoms with Crippen LogP contribution in [0.25, 0.3) is 5.69 Å². The van der Waals surface area contributed by atoms with E-state index in [-0.39, 0.29) is 30.0 Å². The standard InChI is InChI=1S/C18H21N3O3/c1-2-13-5-3-4-6-15(13)21-10-16(23)17(20-21)18(24)19-14-8-7-12(9-14)11-22/h3-8,10,12,14,22-23H,2,9,11H2,1H3,(H,19,24)/t12-,14+/m0/s1. The first kappa shape index (κ1) is 16.3. The summed E-state index contributed by atoms with van der Waals surface area (Å²) in [6.45, 7) is 2.11. The molecule has 1 aliphatic carbocycles. The van der Waals surface area contributed by atoms with Crippen molar-refractivity contribution in [2.24, 2.45) is 5.92 Å². The lowest BCUT2D eigenvalue weighted by atomic mass is 10.1. The predicted molar refractivity (Wildman–Crippen MR) is 90.2 cm³/mol. The van der Waals surface area contributed by atoms with E-state index in [4.69, 9.17) is 5.11 Å². The number of aliphatic hydroxyl groups excluding tert-OH is 1. The van der Waals surface area contributed by atoms with Crippen LogP contribution in [0, 0.1) is 5.92 Å². The van der Waals surface area contributed by atoms with Gasteiger partial charge in [0.1, 0.15) is 0 Å². The topological polar surface area (TPSA) is 87.4 Å². The van der Waals surface area contributed by atoms with Gasteiger partial charge in [-0.15, -0.1) is 0 Å². The van der Waals surface area contributed by atoms with Crippen molar-refractivity contribution in [3.05, 3.63) is 53.9 Å². The molecule has 1 aromatic carbocycles. The van der Waals surface area contributed by atoms with Crippen LogP contribution in [0.2, 0.25) is 0 Å². The van der Waals surface area contributed by atoms with Crippen molar-refractivity contribution < 1.29 is 15.0 Å². The maximum atomic E-state index is 12.4. The number of nitrogens with zero attached hydrogens (tertiary/aromatic N) is 2. The molecule has 0 aliphatic heterocycles. The summed E-state index contributed by atoms with van der Waals surface area (Å²) in [6.07, 6.45) is 6.68. The molecule has 0 fully saturated rings. The van der Waals surface area contributed by atoms with Crippen molar-refractivity contribution in [2.75, 3.05) is 6.61 Å². The number of hydrogen-bond donors (Lipinski definition) is 3. The number of aromatic nitrogens is 2. The molecule has 0 radical (unpaired) electrons. The maximum absolute atomic E-state index is 12.4. The molecule has 24 heavy (non-hydrogen) atoms. The Bertz CT molecular complexity index is 767. The summed E-state index contributed by atoms with van der Waals surface area (Å²) in [5, 5.41) is 26.3. The summed E-state index contributed by atoms with van der Waals surface area (Å²) in [5.74, 6) is -0.509. The average Bonchev–Trinajstić information content (AvgIpc) is 3.21. The summed E-state index contributed by atoms with van der Waals surface area (Å²) in [4.78, 5) is 12.4. The molecule has 1 aromatic heterocycles. The summed E-state index contributed by atoms with van der Waals surface area (Å²) in [5.41, 5.74) is 1.92. The molecule has 3 rings (SSSR count). The Morgan fingerprint density at radius 2 is 2.17 bits per heavy atom. The van der Waals surface area contributed by atoms with E-state index < -0.39 is 5.91 Å². The van der Waals surface area contributed by atoms with Gasteiger partial charge in [0, 0.05) is 18.6 Å². The molecule has 2 aromatic rings. The molecule has 0 unspecified atom stereocenters. The van der Waals surface area contributed by atoms with Crippen LogP contribution in [0.1, 0.15) is 29.4 Å². The number of hydrogen-bond acceptors (Lipinski definition) is 4. The number of aromatic hydroxyl groups is 1. The Kier molecular flexibility index (Phi) is 4.66. The normalized spacial score (nSPS) is 19.6. The van der Waals surface area contributed by atoms with E-state index in [1.807, 2.05) is 43.3 Å². The highest BCUT2D eigenvalue weighted by atomic mass is 16.3. The van der Waals surface area contributed by atoms with Gasteiger partial charge >= 0.3 is 0 Å². The van der Waals surface area contributed by atoms with Crippen molar-refractivity contribution >= 4 is 5.91 Å². The lowest BCUT2D eigenvalue weighted by Crippen LogP contribution is -2.33. The van der Waals surface area contributed by atoms with Gasteiger partial charge in [-0.2, -0.15) is 5.10 Å². The van der Waals surface area contributed by atoms with Gasteiger partial charge in [-0.25, -0.2) is 4.68 Å². The zero-order valence-electron chi connectivity index (χ0n) is 13.5. The minimum atomic E-state index is -0.423. The van der Waals surface area contributed by atoms with E-state index in [1.54, 1.807) is 0 Å². The minimum Gasteiger partial charge on any atom is -0.504 e. The second-order valence-corrected chi connectivity index (χ2v) is 5.93. The van der Waals surface area contributed by atoms with Crippen LogP contribution in [0.4, 0.5) is 0 Å². The van der Waals surface area contributed by atoms with E-state index in [0.717, 1.165) is 17.7 Å². The SMILES string of the molecule is CCc1ccccc1-n1cc(O)c(C(=O)N[C@@H]2C=C[C@H](CO)C2)n1. The maximum Gasteiger partial charge on any atom is 0.276 e. The molecule has 126 valence electrons. The molecule has 6 nitrogen and oxygen atoms in total. The van der Waals surface area contributed by atoms with Gasteiger partial charge in [-0.3, -0.25) is 4.79 Å². The van der Waals surface area contributed by atoms with Gasteiger partial charge < -0.3 is 15.5 Å². The Balaban J connectivity index is 1.79. The minimum absolute atomic E-state index is 0.00162. The first-order chi connectivity index (χ1) is 11.6. The van der Waals surface area contributed by atoms with Crippen LogP contribution >= 0.6 is 0 Å². The molecule has 1 aliphatic rings. The van der Waals surface area contributed by atoms with Gasteiger partial charge in [0.2, 0.25) is 0 Å². The highest BCUT2D eigenvalue weighted by Crippen LogP contribution is 2.22. The fourth-order valence-electron chi connectivity index (χ4n) is 2.94. The number of aliphatic hydroxyl groups is 1. The monoisotopic (exact) mass is 327 g/mol. The number of rotatable bonds is 5. The molecule has 2 atom stereocenters. The van der Waals surface area contributed by atoms with Crippen molar-refractivity contribution in [3.63, 3.8) is 0 Å². The smallest absolute Gasteiger partial charge is 0.276 e. The van der Waals surface area contributed by atoms with Crippen molar-refractivity contribution in [1.82, 2.24) is 15.1 Å². The van der Waals surface area contributed by atoms with Gasteiger partial charge in [0.25, 0.3) is 5.91 Å². The van der Waals surface area contributed by atoms with E-state index in [0.29, 0.717) is 6.42 Å². The first-order valence-electron chi connectivity index (χ1n) is 8.09. The number of aryl methyl sites for hydroxylation is 1. The zero-order chi connectivity index (χ0) is 17.1. The molecule has 0 bridgehead atoms. The van der Waals surface area contributed by atoms with Crippen molar-refractivity contribution in [1.29, 1.82) is 0 Å². The molecular formula is C18H21N3O3. The summed E-state index contributed by atoms with van der Waals surface area (Å²) < 4.78 is 1.53. The Morgan fingerprint density at radius 1 is 1.38 bits per heavy atom. The largest absolute Gasteiger partial charge is 0.504 e. The zero-order valence-corrected chi connectivity index (χ0v) is 13.5. The quantitative estimate of drug-likeness (QED) is 0.731. The van der Waals surface area contributed by atoms with Gasteiger partial charge in [0.15, 0.2) is 11.4 Å². The van der Waals surface area contributed by atoms with E-state index in [9.17, 15) is 9.90 Å². The lowest BCUT2D eigenvalue weighted by molar-refractivity contribution is 0.0933.